The third kappa shape index (κ3) is 4.92. The van der Waals surface area contributed by atoms with Crippen molar-refractivity contribution in [3.05, 3.63) is 200 Å². The number of nitrogens with zero attached hydrogens (tertiary/aromatic N) is 1. The molecule has 0 saturated carbocycles. The van der Waals surface area contributed by atoms with Crippen LogP contribution in [0.25, 0.3) is 85.5 Å². The molecule has 0 atom stereocenters. The van der Waals surface area contributed by atoms with Gasteiger partial charge in [0.25, 0.3) is 0 Å². The minimum absolute atomic E-state index is 1.13. The van der Waals surface area contributed by atoms with Crippen molar-refractivity contribution in [2.24, 2.45) is 0 Å². The second-order valence-corrected chi connectivity index (χ2v) is 15.1. The van der Waals surface area contributed by atoms with Crippen LogP contribution in [-0.4, -0.2) is 0 Å². The zero-order valence-corrected chi connectivity index (χ0v) is 30.2. The molecule has 11 aromatic rings. The summed E-state index contributed by atoms with van der Waals surface area (Å²) in [5, 5.41) is 12.6. The van der Waals surface area contributed by atoms with Crippen LogP contribution in [-0.2, 0) is 0 Å². The summed E-state index contributed by atoms with van der Waals surface area (Å²) in [6.07, 6.45) is 0. The first-order valence-corrected chi connectivity index (χ1v) is 19.3. The Balaban J connectivity index is 1.10. The Bertz CT molecular complexity index is 3220. The van der Waals surface area contributed by atoms with Gasteiger partial charge >= 0.3 is 0 Å². The lowest BCUT2D eigenvalue weighted by molar-refractivity contribution is 1.32. The molecule has 0 saturated heterocycles. The minimum atomic E-state index is 1.13. The fraction of sp³-hybridized carbons (Fsp3) is 0. The van der Waals surface area contributed by atoms with Gasteiger partial charge < -0.3 is 4.90 Å². The Morgan fingerprint density at radius 1 is 0.315 bits per heavy atom. The molecule has 0 amide bonds. The van der Waals surface area contributed by atoms with Crippen molar-refractivity contribution >= 4 is 91.7 Å². The van der Waals surface area contributed by atoms with E-state index < -0.39 is 0 Å². The highest BCUT2D eigenvalue weighted by molar-refractivity contribution is 7.26. The smallest absolute Gasteiger partial charge is 0.0640 e. The molecule has 0 aliphatic heterocycles. The molecule has 2 heteroatoms. The van der Waals surface area contributed by atoms with E-state index in [9.17, 15) is 0 Å². The Labute approximate surface area is 317 Å². The van der Waals surface area contributed by atoms with Gasteiger partial charge in [-0.25, -0.2) is 0 Å². The van der Waals surface area contributed by atoms with E-state index in [1.54, 1.807) is 0 Å². The quantitative estimate of drug-likeness (QED) is 0.161. The van der Waals surface area contributed by atoms with Crippen molar-refractivity contribution in [1.29, 1.82) is 0 Å². The van der Waals surface area contributed by atoms with E-state index in [4.69, 9.17) is 0 Å². The highest BCUT2D eigenvalue weighted by atomic mass is 32.1. The molecule has 10 aromatic carbocycles. The number of thiophene rings is 1. The van der Waals surface area contributed by atoms with E-state index >= 15 is 0 Å². The number of hydrogen-bond donors (Lipinski definition) is 0. The Morgan fingerprint density at radius 3 is 1.70 bits per heavy atom. The van der Waals surface area contributed by atoms with Crippen LogP contribution < -0.4 is 4.90 Å². The third-order valence-electron chi connectivity index (χ3n) is 11.0. The lowest BCUT2D eigenvalue weighted by Crippen LogP contribution is -2.10. The average molecular weight is 704 g/mol. The van der Waals surface area contributed by atoms with E-state index in [2.05, 4.69) is 205 Å². The molecular weight excluding hydrogens is 671 g/mol. The van der Waals surface area contributed by atoms with Gasteiger partial charge in [0, 0.05) is 26.5 Å². The monoisotopic (exact) mass is 703 g/mol. The van der Waals surface area contributed by atoms with Crippen molar-refractivity contribution in [1.82, 2.24) is 0 Å². The van der Waals surface area contributed by atoms with Crippen molar-refractivity contribution in [2.75, 3.05) is 4.90 Å². The second-order valence-electron chi connectivity index (χ2n) is 14.1. The van der Waals surface area contributed by atoms with Crippen molar-refractivity contribution < 1.29 is 0 Å². The van der Waals surface area contributed by atoms with Gasteiger partial charge in [0.2, 0.25) is 0 Å². The maximum Gasteiger partial charge on any atom is 0.0640 e. The number of benzene rings is 10. The molecule has 252 valence electrons. The van der Waals surface area contributed by atoms with Gasteiger partial charge in [0.15, 0.2) is 0 Å². The Kier molecular flexibility index (Phi) is 7.11. The summed E-state index contributed by atoms with van der Waals surface area (Å²) >= 11 is 1.87. The summed E-state index contributed by atoms with van der Waals surface area (Å²) in [4.78, 5) is 2.48. The predicted octanol–water partition coefficient (Wildman–Crippen LogP) is 15.5. The van der Waals surface area contributed by atoms with Crippen LogP contribution in [0.5, 0.6) is 0 Å². The fourth-order valence-electron chi connectivity index (χ4n) is 8.49. The lowest BCUT2D eigenvalue weighted by atomic mass is 9.92. The van der Waals surface area contributed by atoms with Crippen LogP contribution in [0.1, 0.15) is 0 Å². The summed E-state index contributed by atoms with van der Waals surface area (Å²) in [7, 11) is 0. The summed E-state index contributed by atoms with van der Waals surface area (Å²) in [5.74, 6) is 0. The summed E-state index contributed by atoms with van der Waals surface area (Å²) in [6, 6.07) is 73.5. The van der Waals surface area contributed by atoms with Gasteiger partial charge in [0.05, 0.1) is 16.1 Å². The highest BCUT2D eigenvalue weighted by Crippen LogP contribution is 2.48. The van der Waals surface area contributed by atoms with Gasteiger partial charge in [-0.1, -0.05) is 164 Å². The second kappa shape index (κ2) is 12.4. The molecule has 0 aliphatic rings. The highest BCUT2D eigenvalue weighted by Gasteiger charge is 2.21. The van der Waals surface area contributed by atoms with Crippen molar-refractivity contribution in [3.63, 3.8) is 0 Å². The molecule has 1 heterocycles. The summed E-state index contributed by atoms with van der Waals surface area (Å²) in [6.45, 7) is 0. The maximum atomic E-state index is 2.48. The standard InChI is InChI=1S/C52H33NS/c1-3-16-40-35(12-1)14-9-21-42(40)44-22-10-15-36-26-27-37(32-48(36)44)34-28-30-39(31-29-34)53(49-24-11-23-47-46-20-7-8-25-51(46)54-52(47)49)50-33-38-13-2-4-17-41(38)43-18-5-6-19-45(43)50/h1-33H. The van der Waals surface area contributed by atoms with E-state index in [-0.39, 0.29) is 0 Å². The Morgan fingerprint density at radius 2 is 0.889 bits per heavy atom. The lowest BCUT2D eigenvalue weighted by Gasteiger charge is -2.28. The average Bonchev–Trinajstić information content (AvgIpc) is 3.63. The van der Waals surface area contributed by atoms with Crippen LogP contribution in [0, 0.1) is 0 Å². The molecule has 11 rings (SSSR count). The van der Waals surface area contributed by atoms with Gasteiger partial charge in [-0.05, 0) is 96.4 Å². The first-order chi connectivity index (χ1) is 26.8. The van der Waals surface area contributed by atoms with Crippen molar-refractivity contribution in [2.45, 2.75) is 0 Å². The normalized spacial score (nSPS) is 11.7. The van der Waals surface area contributed by atoms with E-state index in [0.29, 0.717) is 0 Å². The molecule has 0 fully saturated rings. The van der Waals surface area contributed by atoms with Crippen molar-refractivity contribution in [3.8, 4) is 22.3 Å². The number of hydrogen-bond acceptors (Lipinski definition) is 2. The Hall–Kier alpha value is -6.74. The maximum absolute atomic E-state index is 2.48. The molecule has 1 nitrogen and oxygen atoms in total. The van der Waals surface area contributed by atoms with E-state index in [1.807, 2.05) is 11.3 Å². The van der Waals surface area contributed by atoms with Crippen LogP contribution in [0.2, 0.25) is 0 Å². The molecule has 0 unspecified atom stereocenters. The number of fused-ring (bicyclic) bond motifs is 8. The number of anilines is 3. The van der Waals surface area contributed by atoms with E-state index in [0.717, 1.165) is 5.69 Å². The van der Waals surface area contributed by atoms with Gasteiger partial charge in [0.1, 0.15) is 0 Å². The minimum Gasteiger partial charge on any atom is -0.308 e. The molecule has 0 spiro atoms. The number of rotatable bonds is 5. The zero-order valence-electron chi connectivity index (χ0n) is 29.4. The first kappa shape index (κ1) is 30.8. The fourth-order valence-corrected chi connectivity index (χ4v) is 9.69. The molecule has 0 aliphatic carbocycles. The van der Waals surface area contributed by atoms with Gasteiger partial charge in [-0.15, -0.1) is 11.3 Å². The molecule has 0 radical (unpaired) electrons. The third-order valence-corrected chi connectivity index (χ3v) is 12.2. The molecule has 0 N–H and O–H groups in total. The molecule has 1 aromatic heterocycles. The molecule has 0 bridgehead atoms. The van der Waals surface area contributed by atoms with Crippen LogP contribution in [0.4, 0.5) is 17.1 Å². The predicted molar refractivity (Wildman–Crippen MR) is 235 cm³/mol. The molecular formula is C52H33NS. The van der Waals surface area contributed by atoms with Crippen LogP contribution in [0.3, 0.4) is 0 Å². The largest absolute Gasteiger partial charge is 0.308 e. The zero-order chi connectivity index (χ0) is 35.6. The van der Waals surface area contributed by atoms with Crippen LogP contribution in [0.15, 0.2) is 200 Å². The summed E-state index contributed by atoms with van der Waals surface area (Å²) in [5.41, 5.74) is 8.40. The van der Waals surface area contributed by atoms with Crippen LogP contribution >= 0.6 is 11.3 Å². The van der Waals surface area contributed by atoms with Gasteiger partial charge in [-0.2, -0.15) is 0 Å². The molecule has 54 heavy (non-hydrogen) atoms. The van der Waals surface area contributed by atoms with Gasteiger partial charge in [-0.3, -0.25) is 0 Å². The topological polar surface area (TPSA) is 3.24 Å². The SMILES string of the molecule is c1ccc2c(-c3cccc4ccc(-c5ccc(N(c6cc7ccccc7c7ccccc67)c6cccc7c6sc6ccccc67)cc5)cc34)cccc2c1. The van der Waals surface area contributed by atoms with E-state index in [1.165, 1.54) is 96.9 Å². The first-order valence-electron chi connectivity index (χ1n) is 18.5. The summed E-state index contributed by atoms with van der Waals surface area (Å²) < 4.78 is 2.59.